The largest absolute Gasteiger partial charge is 0.349 e. The Morgan fingerprint density at radius 2 is 2.29 bits per heavy atom. The van der Waals surface area contributed by atoms with Crippen LogP contribution in [0.25, 0.3) is 0 Å². The van der Waals surface area contributed by atoms with Gasteiger partial charge >= 0.3 is 7.80 Å². The van der Waals surface area contributed by atoms with Gasteiger partial charge in [0.15, 0.2) is 5.07 Å². The summed E-state index contributed by atoms with van der Waals surface area (Å²) in [6.07, 6.45) is 1.89. The summed E-state index contributed by atoms with van der Waals surface area (Å²) in [4.78, 5) is 0. The Labute approximate surface area is 53.4 Å². The summed E-state index contributed by atoms with van der Waals surface area (Å²) in [7, 11) is -0.912. The maximum Gasteiger partial charge on any atom is 0.349 e. The summed E-state index contributed by atoms with van der Waals surface area (Å²) in [6.45, 7) is 2.04. The first-order chi connectivity index (χ1) is 3.31. The highest BCUT2D eigenvalue weighted by Crippen LogP contribution is 2.22. The van der Waals surface area contributed by atoms with Crippen LogP contribution in [0.1, 0.15) is 13.3 Å². The van der Waals surface area contributed by atoms with Gasteiger partial charge in [0.1, 0.15) is 6.16 Å². The van der Waals surface area contributed by atoms with Gasteiger partial charge in [0.2, 0.25) is 0 Å². The van der Waals surface area contributed by atoms with E-state index >= 15 is 0 Å². The van der Waals surface area contributed by atoms with Gasteiger partial charge in [0.05, 0.1) is 0 Å². The van der Waals surface area contributed by atoms with E-state index in [-0.39, 0.29) is 0 Å². The predicted molar refractivity (Wildman–Crippen MR) is 36.6 cm³/mol. The van der Waals surface area contributed by atoms with E-state index in [4.69, 9.17) is 0 Å². The molecule has 3 heteroatoms. The van der Waals surface area contributed by atoms with Crippen LogP contribution < -0.4 is 0 Å². The van der Waals surface area contributed by atoms with Crippen LogP contribution in [0.15, 0.2) is 0 Å². The highest BCUT2D eigenvalue weighted by Gasteiger charge is 2.07. The van der Waals surface area contributed by atoms with Gasteiger partial charge in [-0.05, 0) is 22.4 Å². The molecule has 0 radical (unpaired) electrons. The molecule has 0 rings (SSSR count). The van der Waals surface area contributed by atoms with E-state index in [0.29, 0.717) is 5.07 Å². The molecular formula is C4H9BrOP+. The number of rotatable bonds is 3. The zero-order valence-corrected chi connectivity index (χ0v) is 6.84. The van der Waals surface area contributed by atoms with Crippen LogP contribution in [-0.4, -0.2) is 11.2 Å². The first-order valence-electron chi connectivity index (χ1n) is 2.29. The summed E-state index contributed by atoms with van der Waals surface area (Å²) < 4.78 is 10.5. The van der Waals surface area contributed by atoms with Crippen LogP contribution in [0.2, 0.25) is 0 Å². The third-order valence-corrected chi connectivity index (χ3v) is 3.50. The minimum Gasteiger partial charge on any atom is -0.0739 e. The lowest BCUT2D eigenvalue weighted by molar-refractivity contribution is 0.590. The second kappa shape index (κ2) is 4.73. The summed E-state index contributed by atoms with van der Waals surface area (Å²) >= 11 is 3.13. The summed E-state index contributed by atoms with van der Waals surface area (Å²) in [5.74, 6) is 0. The van der Waals surface area contributed by atoms with Crippen molar-refractivity contribution in [1.82, 2.24) is 0 Å². The summed E-state index contributed by atoms with van der Waals surface area (Å²) in [6, 6.07) is 0. The van der Waals surface area contributed by atoms with E-state index in [1.165, 1.54) is 0 Å². The lowest BCUT2D eigenvalue weighted by Gasteiger charge is -1.73. The van der Waals surface area contributed by atoms with Crippen LogP contribution in [0, 0.1) is 0 Å². The van der Waals surface area contributed by atoms with Crippen LogP contribution >= 0.6 is 23.7 Å². The fourth-order valence-electron chi connectivity index (χ4n) is 0.309. The maximum absolute atomic E-state index is 10.5. The Kier molecular flexibility index (Phi) is 5.12. The average Bonchev–Trinajstić information content (AvgIpc) is 1.68. The van der Waals surface area contributed by atoms with Gasteiger partial charge < -0.3 is 0 Å². The van der Waals surface area contributed by atoms with E-state index in [9.17, 15) is 4.57 Å². The Morgan fingerprint density at radius 1 is 1.71 bits per heavy atom. The second-order valence-corrected chi connectivity index (χ2v) is 4.48. The highest BCUT2D eigenvalue weighted by atomic mass is 79.9. The topological polar surface area (TPSA) is 17.1 Å². The molecule has 0 N–H and O–H groups in total. The van der Waals surface area contributed by atoms with Crippen molar-refractivity contribution in [3.8, 4) is 0 Å². The van der Waals surface area contributed by atoms with Gasteiger partial charge in [-0.3, -0.25) is 0 Å². The molecule has 0 aliphatic carbocycles. The molecule has 0 aromatic carbocycles. The SMILES string of the molecule is CCC[P+](=O)CBr. The molecule has 0 spiro atoms. The van der Waals surface area contributed by atoms with Crippen molar-refractivity contribution in [2.75, 3.05) is 11.2 Å². The number of alkyl halides is 1. The van der Waals surface area contributed by atoms with E-state index in [1.807, 2.05) is 6.92 Å². The molecule has 7 heavy (non-hydrogen) atoms. The number of hydrogen-bond acceptors (Lipinski definition) is 1. The Morgan fingerprint density at radius 3 is 2.43 bits per heavy atom. The minimum absolute atomic E-state index is 0.663. The average molecular weight is 184 g/mol. The van der Waals surface area contributed by atoms with Gasteiger partial charge in [-0.25, -0.2) is 0 Å². The Bertz CT molecular complexity index is 64.7. The molecule has 1 atom stereocenters. The van der Waals surface area contributed by atoms with Crippen molar-refractivity contribution in [3.05, 3.63) is 0 Å². The predicted octanol–water partition coefficient (Wildman–Crippen LogP) is 2.58. The van der Waals surface area contributed by atoms with E-state index in [0.717, 1.165) is 12.6 Å². The molecule has 0 aliphatic heterocycles. The van der Waals surface area contributed by atoms with Crippen LogP contribution in [0.3, 0.4) is 0 Å². The van der Waals surface area contributed by atoms with Gasteiger partial charge in [-0.1, -0.05) is 11.5 Å². The first-order valence-corrected chi connectivity index (χ1v) is 5.04. The van der Waals surface area contributed by atoms with Gasteiger partial charge in [0, 0.05) is 0 Å². The van der Waals surface area contributed by atoms with Crippen molar-refractivity contribution in [1.29, 1.82) is 0 Å². The standard InChI is InChI=1S/C4H9BrOP/c1-2-3-7(6)4-5/h2-4H2,1H3/q+1. The molecule has 0 fully saturated rings. The molecule has 0 bridgehead atoms. The zero-order chi connectivity index (χ0) is 5.70. The van der Waals surface area contributed by atoms with Crippen molar-refractivity contribution in [2.24, 2.45) is 0 Å². The van der Waals surface area contributed by atoms with E-state index < -0.39 is 7.80 Å². The van der Waals surface area contributed by atoms with Crippen molar-refractivity contribution >= 4 is 23.7 Å². The fraction of sp³-hybridized carbons (Fsp3) is 1.00. The van der Waals surface area contributed by atoms with Gasteiger partial charge in [-0.15, -0.1) is 0 Å². The summed E-state index contributed by atoms with van der Waals surface area (Å²) in [5.41, 5.74) is 0. The quantitative estimate of drug-likeness (QED) is 0.486. The summed E-state index contributed by atoms with van der Waals surface area (Å²) in [5, 5.41) is 0.663. The van der Waals surface area contributed by atoms with Crippen molar-refractivity contribution in [3.63, 3.8) is 0 Å². The lowest BCUT2D eigenvalue weighted by Crippen LogP contribution is -1.71. The van der Waals surface area contributed by atoms with E-state index in [2.05, 4.69) is 15.9 Å². The fourth-order valence-corrected chi connectivity index (χ4v) is 1.68. The maximum atomic E-state index is 10.5. The first kappa shape index (κ1) is 7.58. The molecular weight excluding hydrogens is 175 g/mol. The van der Waals surface area contributed by atoms with Crippen LogP contribution in [0.4, 0.5) is 0 Å². The van der Waals surface area contributed by atoms with Gasteiger partial charge in [-0.2, -0.15) is 0 Å². The minimum atomic E-state index is -0.912. The molecule has 0 saturated heterocycles. The molecule has 0 aromatic heterocycles. The molecule has 1 nitrogen and oxygen atoms in total. The smallest absolute Gasteiger partial charge is 0.0739 e. The number of halogens is 1. The molecule has 1 unspecified atom stereocenters. The molecule has 0 aliphatic rings. The van der Waals surface area contributed by atoms with Gasteiger partial charge in [0.25, 0.3) is 0 Å². The molecule has 0 heterocycles. The Balaban J connectivity index is 3.00. The Hall–Kier alpha value is 0.580. The molecule has 0 amide bonds. The van der Waals surface area contributed by atoms with Crippen LogP contribution in [0.5, 0.6) is 0 Å². The normalized spacial score (nSPS) is 11.4. The molecule has 42 valence electrons. The zero-order valence-electron chi connectivity index (χ0n) is 4.35. The van der Waals surface area contributed by atoms with E-state index in [1.54, 1.807) is 0 Å². The number of hydrogen-bond donors (Lipinski definition) is 0. The highest BCUT2D eigenvalue weighted by molar-refractivity contribution is 9.10. The molecule has 0 aromatic rings. The lowest BCUT2D eigenvalue weighted by atomic mass is 10.6. The third kappa shape index (κ3) is 4.43. The monoisotopic (exact) mass is 183 g/mol. The molecule has 0 saturated carbocycles. The third-order valence-electron chi connectivity index (χ3n) is 0.606. The van der Waals surface area contributed by atoms with Crippen molar-refractivity contribution in [2.45, 2.75) is 13.3 Å². The van der Waals surface area contributed by atoms with Crippen molar-refractivity contribution < 1.29 is 4.57 Å². The van der Waals surface area contributed by atoms with Crippen LogP contribution in [-0.2, 0) is 4.57 Å². The second-order valence-electron chi connectivity index (χ2n) is 1.32.